The molecule has 4 atom stereocenters. The second-order valence-electron chi connectivity index (χ2n) is 11.9. The van der Waals surface area contributed by atoms with E-state index in [1.165, 1.54) is 0 Å². The van der Waals surface area contributed by atoms with Crippen molar-refractivity contribution in [3.63, 3.8) is 0 Å². The summed E-state index contributed by atoms with van der Waals surface area (Å²) >= 11 is 0. The van der Waals surface area contributed by atoms with E-state index < -0.39 is 29.7 Å². The highest BCUT2D eigenvalue weighted by molar-refractivity contribution is 5.82. The Morgan fingerprint density at radius 1 is 0.800 bits per heavy atom. The number of carbonyl (C=O) groups is 1. The topological polar surface area (TPSA) is 78.9 Å². The average molecular weight is 573 g/mol. The Morgan fingerprint density at radius 2 is 1.35 bits per heavy atom. The molecule has 1 unspecified atom stereocenters. The van der Waals surface area contributed by atoms with Crippen LogP contribution in [-0.2, 0) is 33.2 Å². The molecule has 9 heteroatoms. The minimum absolute atomic E-state index is 0.0324. The van der Waals surface area contributed by atoms with Crippen molar-refractivity contribution in [2.75, 3.05) is 72.9 Å². The molecular formula is C31H60N2O7. The van der Waals surface area contributed by atoms with E-state index >= 15 is 0 Å². The van der Waals surface area contributed by atoms with Crippen LogP contribution < -0.4 is 0 Å². The number of piperazine rings is 1. The van der Waals surface area contributed by atoms with E-state index in [1.807, 2.05) is 18.7 Å². The molecule has 9 nitrogen and oxygen atoms in total. The average Bonchev–Trinajstić information content (AvgIpc) is 3.25. The van der Waals surface area contributed by atoms with Gasteiger partial charge in [0.1, 0.15) is 17.8 Å². The second-order valence-corrected chi connectivity index (χ2v) is 11.9. The van der Waals surface area contributed by atoms with Crippen LogP contribution in [0.5, 0.6) is 0 Å². The van der Waals surface area contributed by atoms with Gasteiger partial charge in [0.05, 0.1) is 13.2 Å². The number of hydrogen-bond donors (Lipinski definition) is 0. The second kappa shape index (κ2) is 18.7. The Balaban J connectivity index is 2.50. The minimum atomic E-state index is -0.934. The summed E-state index contributed by atoms with van der Waals surface area (Å²) in [5.74, 6) is -0.843. The summed E-state index contributed by atoms with van der Waals surface area (Å²) in [5.41, 5.74) is -0.934. The smallest absolute Gasteiger partial charge is 0.254 e. The van der Waals surface area contributed by atoms with Crippen LogP contribution in [0.4, 0.5) is 0 Å². The van der Waals surface area contributed by atoms with Crippen molar-refractivity contribution < 1.29 is 33.2 Å². The molecule has 2 rings (SSSR count). The lowest BCUT2D eigenvalue weighted by Gasteiger charge is -2.43. The van der Waals surface area contributed by atoms with E-state index in [0.717, 1.165) is 64.5 Å². The summed E-state index contributed by atoms with van der Waals surface area (Å²) in [6.07, 6.45) is 5.52. The maximum atomic E-state index is 14.2. The lowest BCUT2D eigenvalue weighted by Crippen LogP contribution is -2.63. The molecule has 2 fully saturated rings. The molecule has 40 heavy (non-hydrogen) atoms. The summed E-state index contributed by atoms with van der Waals surface area (Å²) in [5, 5.41) is 0. The fraction of sp³-hybridized carbons (Fsp3) is 0.968. The van der Waals surface area contributed by atoms with Crippen LogP contribution in [0.2, 0.25) is 0 Å². The number of carbonyl (C=O) groups excluding carboxylic acids is 1. The van der Waals surface area contributed by atoms with Crippen molar-refractivity contribution in [2.45, 2.75) is 123 Å². The molecule has 0 aromatic carbocycles. The van der Waals surface area contributed by atoms with Gasteiger partial charge in [-0.2, -0.15) is 0 Å². The summed E-state index contributed by atoms with van der Waals surface area (Å²) < 4.78 is 38.8. The zero-order valence-electron chi connectivity index (χ0n) is 26.7. The highest BCUT2D eigenvalue weighted by Crippen LogP contribution is 2.38. The molecule has 0 aromatic rings. The number of amides is 1. The Labute approximate surface area is 244 Å². The quantitative estimate of drug-likeness (QED) is 0.184. The molecule has 0 N–H and O–H groups in total. The van der Waals surface area contributed by atoms with Gasteiger partial charge in [-0.1, -0.05) is 53.4 Å². The van der Waals surface area contributed by atoms with Crippen molar-refractivity contribution >= 4 is 5.91 Å². The first-order chi connectivity index (χ1) is 19.2. The third-order valence-corrected chi connectivity index (χ3v) is 7.67. The van der Waals surface area contributed by atoms with Crippen molar-refractivity contribution in [3.05, 3.63) is 0 Å². The van der Waals surface area contributed by atoms with Gasteiger partial charge in [0.25, 0.3) is 5.91 Å². The first kappa shape index (κ1) is 35.4. The fourth-order valence-corrected chi connectivity index (χ4v) is 5.10. The molecule has 2 aliphatic rings. The molecular weight excluding hydrogens is 512 g/mol. The largest absolute Gasteiger partial charge is 0.378 e. The Hall–Kier alpha value is -0.810. The lowest BCUT2D eigenvalue weighted by atomic mass is 9.89. The van der Waals surface area contributed by atoms with Crippen LogP contribution in [0.1, 0.15) is 92.9 Å². The van der Waals surface area contributed by atoms with E-state index in [0.29, 0.717) is 52.7 Å². The highest BCUT2D eigenvalue weighted by atomic mass is 16.8. The van der Waals surface area contributed by atoms with Gasteiger partial charge in [-0.05, 0) is 46.6 Å². The molecule has 0 aromatic heterocycles. The summed E-state index contributed by atoms with van der Waals surface area (Å²) in [6, 6.07) is 0. The van der Waals surface area contributed by atoms with Gasteiger partial charge in [-0.25, -0.2) is 0 Å². The maximum Gasteiger partial charge on any atom is 0.254 e. The van der Waals surface area contributed by atoms with Crippen LogP contribution in [0.25, 0.3) is 0 Å². The van der Waals surface area contributed by atoms with Crippen LogP contribution in [0.3, 0.4) is 0 Å². The number of unbranched alkanes of at least 4 members (excludes halogenated alkanes) is 4. The van der Waals surface area contributed by atoms with Crippen molar-refractivity contribution in [1.29, 1.82) is 0 Å². The van der Waals surface area contributed by atoms with Gasteiger partial charge in [-0.15, -0.1) is 0 Å². The molecule has 236 valence electrons. The van der Waals surface area contributed by atoms with Crippen molar-refractivity contribution in [3.8, 4) is 0 Å². The SMILES string of the molecule is CCCCOCC1([C@@H](OCCCC)[C@H](OCCCC)[C@@H](OCCCC)C(=O)N2CCN(C)CC2)COC(C)(C)O1. The van der Waals surface area contributed by atoms with E-state index in [1.54, 1.807) is 0 Å². The molecule has 0 bridgehead atoms. The summed E-state index contributed by atoms with van der Waals surface area (Å²) in [7, 11) is 2.09. The lowest BCUT2D eigenvalue weighted by molar-refractivity contribution is -0.243. The van der Waals surface area contributed by atoms with E-state index in [2.05, 4.69) is 39.6 Å². The van der Waals surface area contributed by atoms with Crippen LogP contribution >= 0.6 is 0 Å². The minimum Gasteiger partial charge on any atom is -0.378 e. The Morgan fingerprint density at radius 3 is 1.90 bits per heavy atom. The monoisotopic (exact) mass is 572 g/mol. The Kier molecular flexibility index (Phi) is 16.5. The molecule has 2 aliphatic heterocycles. The zero-order chi connectivity index (χ0) is 29.4. The summed E-state index contributed by atoms with van der Waals surface area (Å²) in [4.78, 5) is 18.4. The van der Waals surface area contributed by atoms with E-state index in [4.69, 9.17) is 28.4 Å². The Bertz CT molecular complexity index is 687. The predicted octanol–water partition coefficient (Wildman–Crippen LogP) is 4.65. The third kappa shape index (κ3) is 11.1. The number of likely N-dealkylation sites (N-methyl/N-ethyl adjacent to an activating group) is 1. The first-order valence-electron chi connectivity index (χ1n) is 16.0. The van der Waals surface area contributed by atoms with E-state index in [-0.39, 0.29) is 5.91 Å². The number of nitrogens with zero attached hydrogens (tertiary/aromatic N) is 2. The molecule has 0 saturated carbocycles. The molecule has 1 amide bonds. The fourth-order valence-electron chi connectivity index (χ4n) is 5.10. The van der Waals surface area contributed by atoms with Crippen molar-refractivity contribution in [2.24, 2.45) is 0 Å². The third-order valence-electron chi connectivity index (χ3n) is 7.67. The normalized spacial score (nSPS) is 23.8. The molecule has 0 spiro atoms. The van der Waals surface area contributed by atoms with Gasteiger partial charge in [0.2, 0.25) is 0 Å². The highest BCUT2D eigenvalue weighted by Gasteiger charge is 2.57. The number of ether oxygens (including phenoxy) is 6. The maximum absolute atomic E-state index is 14.2. The number of rotatable bonds is 21. The summed E-state index contributed by atoms with van der Waals surface area (Å²) in [6.45, 7) is 18.1. The van der Waals surface area contributed by atoms with Crippen LogP contribution in [0.15, 0.2) is 0 Å². The molecule has 0 aliphatic carbocycles. The molecule has 2 heterocycles. The van der Waals surface area contributed by atoms with Gasteiger partial charge >= 0.3 is 0 Å². The standard InChI is InChI=1S/C31H60N2O7/c1-8-12-20-35-24-31(25-39-30(5,6)40-31)28(38-23-15-11-4)26(36-21-13-9-2)27(37-22-14-10-3)29(34)33-18-16-32(7)17-19-33/h26-28H,8-25H2,1-7H3/t26-,27-,28+,31?/m1/s1. The van der Waals surface area contributed by atoms with Gasteiger partial charge in [-0.3, -0.25) is 4.79 Å². The number of hydrogen-bond acceptors (Lipinski definition) is 8. The van der Waals surface area contributed by atoms with Gasteiger partial charge in [0, 0.05) is 52.6 Å². The van der Waals surface area contributed by atoms with Crippen LogP contribution in [-0.4, -0.2) is 118 Å². The first-order valence-corrected chi connectivity index (χ1v) is 16.0. The van der Waals surface area contributed by atoms with Crippen LogP contribution in [0, 0.1) is 0 Å². The molecule has 0 radical (unpaired) electrons. The van der Waals surface area contributed by atoms with Crippen molar-refractivity contribution in [1.82, 2.24) is 9.80 Å². The van der Waals surface area contributed by atoms with Gasteiger partial charge < -0.3 is 38.2 Å². The van der Waals surface area contributed by atoms with E-state index in [9.17, 15) is 4.79 Å². The van der Waals surface area contributed by atoms with Gasteiger partial charge in [0.15, 0.2) is 11.9 Å². The zero-order valence-corrected chi connectivity index (χ0v) is 26.7. The molecule has 2 saturated heterocycles. The predicted molar refractivity (Wildman–Crippen MR) is 158 cm³/mol.